The topological polar surface area (TPSA) is 33.7 Å². The standard InChI is InChI=1S/C18H28N2O2.ClH/c1-21-16-5-7-17(8-6-16)22-14-13-20-12-11-19-15-18(20)9-3-2-4-10-18;/h5-8,19H,2-4,9-15H2,1H3;1H. The molecule has 0 amide bonds. The van der Waals surface area contributed by atoms with Gasteiger partial charge in [-0.2, -0.15) is 0 Å². The van der Waals surface area contributed by atoms with Crippen LogP contribution in [0.4, 0.5) is 0 Å². The Labute approximate surface area is 145 Å². The molecule has 1 saturated heterocycles. The van der Waals surface area contributed by atoms with Gasteiger partial charge in [0.1, 0.15) is 18.1 Å². The van der Waals surface area contributed by atoms with Gasteiger partial charge in [0.15, 0.2) is 0 Å². The van der Waals surface area contributed by atoms with E-state index in [2.05, 4.69) is 10.2 Å². The monoisotopic (exact) mass is 340 g/mol. The van der Waals surface area contributed by atoms with Crippen LogP contribution in [0, 0.1) is 0 Å². The van der Waals surface area contributed by atoms with Gasteiger partial charge in [-0.05, 0) is 37.1 Å². The van der Waals surface area contributed by atoms with Crippen LogP contribution in [0.1, 0.15) is 32.1 Å². The van der Waals surface area contributed by atoms with E-state index in [0.29, 0.717) is 5.54 Å². The molecular weight excluding hydrogens is 312 g/mol. The van der Waals surface area contributed by atoms with Crippen molar-refractivity contribution in [3.63, 3.8) is 0 Å². The first-order valence-electron chi connectivity index (χ1n) is 8.55. The first-order valence-corrected chi connectivity index (χ1v) is 8.55. The molecule has 1 N–H and O–H groups in total. The molecule has 3 rings (SSSR count). The van der Waals surface area contributed by atoms with Crippen LogP contribution in [0.5, 0.6) is 11.5 Å². The van der Waals surface area contributed by atoms with Crippen molar-refractivity contribution in [3.05, 3.63) is 24.3 Å². The van der Waals surface area contributed by atoms with E-state index in [-0.39, 0.29) is 12.4 Å². The third-order valence-electron chi connectivity index (χ3n) is 5.16. The number of hydrogen-bond acceptors (Lipinski definition) is 4. The summed E-state index contributed by atoms with van der Waals surface area (Å²) < 4.78 is 11.1. The van der Waals surface area contributed by atoms with Crippen LogP contribution in [0.25, 0.3) is 0 Å². The molecule has 23 heavy (non-hydrogen) atoms. The third-order valence-corrected chi connectivity index (χ3v) is 5.16. The maximum atomic E-state index is 5.92. The second kappa shape index (κ2) is 8.76. The average Bonchev–Trinajstić information content (AvgIpc) is 2.58. The molecule has 0 atom stereocenters. The van der Waals surface area contributed by atoms with Gasteiger partial charge >= 0.3 is 0 Å². The second-order valence-corrected chi connectivity index (χ2v) is 6.47. The first-order chi connectivity index (χ1) is 10.8. The summed E-state index contributed by atoms with van der Waals surface area (Å²) in [6.07, 6.45) is 6.82. The highest BCUT2D eigenvalue weighted by molar-refractivity contribution is 5.85. The van der Waals surface area contributed by atoms with E-state index in [1.54, 1.807) is 7.11 Å². The van der Waals surface area contributed by atoms with E-state index >= 15 is 0 Å². The molecule has 0 aromatic heterocycles. The SMILES string of the molecule is COc1ccc(OCCN2CCNCC23CCCCC3)cc1.Cl. The Bertz CT molecular complexity index is 452. The number of nitrogens with one attached hydrogen (secondary N) is 1. The van der Waals surface area contributed by atoms with E-state index in [0.717, 1.165) is 44.3 Å². The van der Waals surface area contributed by atoms with Crippen molar-refractivity contribution in [1.82, 2.24) is 10.2 Å². The predicted octanol–water partition coefficient (Wildman–Crippen LogP) is 3.10. The molecule has 1 aromatic rings. The van der Waals surface area contributed by atoms with Gasteiger partial charge < -0.3 is 14.8 Å². The lowest BCUT2D eigenvalue weighted by Gasteiger charge is -2.49. The fourth-order valence-corrected chi connectivity index (χ4v) is 3.88. The normalized spacial score (nSPS) is 20.7. The Morgan fingerprint density at radius 2 is 1.78 bits per heavy atom. The minimum Gasteiger partial charge on any atom is -0.497 e. The minimum atomic E-state index is 0. The zero-order valence-corrected chi connectivity index (χ0v) is 14.9. The summed E-state index contributed by atoms with van der Waals surface area (Å²) >= 11 is 0. The quantitative estimate of drug-likeness (QED) is 0.893. The van der Waals surface area contributed by atoms with E-state index in [4.69, 9.17) is 9.47 Å². The van der Waals surface area contributed by atoms with Crippen molar-refractivity contribution in [3.8, 4) is 11.5 Å². The molecule has 2 aliphatic rings. The smallest absolute Gasteiger partial charge is 0.119 e. The Morgan fingerprint density at radius 1 is 1.09 bits per heavy atom. The van der Waals surface area contributed by atoms with Gasteiger partial charge in [-0.3, -0.25) is 4.90 Å². The van der Waals surface area contributed by atoms with E-state index in [9.17, 15) is 0 Å². The lowest BCUT2D eigenvalue weighted by atomic mass is 9.79. The molecule has 0 bridgehead atoms. The van der Waals surface area contributed by atoms with Crippen molar-refractivity contribution in [2.45, 2.75) is 37.6 Å². The molecule has 1 heterocycles. The van der Waals surface area contributed by atoms with Crippen molar-refractivity contribution in [2.75, 3.05) is 39.9 Å². The fraction of sp³-hybridized carbons (Fsp3) is 0.667. The van der Waals surface area contributed by atoms with Crippen LogP contribution in [-0.2, 0) is 0 Å². The summed E-state index contributed by atoms with van der Waals surface area (Å²) in [5.41, 5.74) is 0.389. The number of ether oxygens (including phenoxy) is 2. The highest BCUT2D eigenvalue weighted by Crippen LogP contribution is 2.34. The minimum absolute atomic E-state index is 0. The summed E-state index contributed by atoms with van der Waals surface area (Å²) in [4.78, 5) is 2.67. The number of benzene rings is 1. The molecule has 2 fully saturated rings. The molecule has 1 aliphatic carbocycles. The summed E-state index contributed by atoms with van der Waals surface area (Å²) in [5, 5.41) is 3.60. The number of piperazine rings is 1. The van der Waals surface area contributed by atoms with Crippen molar-refractivity contribution in [1.29, 1.82) is 0 Å². The molecular formula is C18H29ClN2O2. The third kappa shape index (κ3) is 4.52. The molecule has 0 radical (unpaired) electrons. The fourth-order valence-electron chi connectivity index (χ4n) is 3.88. The van der Waals surface area contributed by atoms with Gasteiger partial charge in [-0.25, -0.2) is 0 Å². The predicted molar refractivity (Wildman–Crippen MR) is 96.0 cm³/mol. The van der Waals surface area contributed by atoms with Gasteiger partial charge in [0.2, 0.25) is 0 Å². The number of methoxy groups -OCH3 is 1. The maximum absolute atomic E-state index is 5.92. The molecule has 130 valence electrons. The van der Waals surface area contributed by atoms with Crippen LogP contribution in [-0.4, -0.2) is 50.3 Å². The van der Waals surface area contributed by atoms with Crippen LogP contribution < -0.4 is 14.8 Å². The Hall–Kier alpha value is -0.970. The van der Waals surface area contributed by atoms with Crippen molar-refractivity contribution < 1.29 is 9.47 Å². The van der Waals surface area contributed by atoms with E-state index < -0.39 is 0 Å². The zero-order chi connectivity index (χ0) is 15.3. The average molecular weight is 341 g/mol. The number of halogens is 1. The maximum Gasteiger partial charge on any atom is 0.119 e. The summed E-state index contributed by atoms with van der Waals surface area (Å²) in [6, 6.07) is 7.85. The largest absolute Gasteiger partial charge is 0.497 e. The second-order valence-electron chi connectivity index (χ2n) is 6.47. The first kappa shape index (κ1) is 18.4. The van der Waals surface area contributed by atoms with Gasteiger partial charge in [0.25, 0.3) is 0 Å². The van der Waals surface area contributed by atoms with E-state index in [1.807, 2.05) is 24.3 Å². The summed E-state index contributed by atoms with van der Waals surface area (Å²) in [7, 11) is 1.68. The van der Waals surface area contributed by atoms with Gasteiger partial charge in [0.05, 0.1) is 7.11 Å². The Balaban J connectivity index is 0.00000192. The number of hydrogen-bond donors (Lipinski definition) is 1. The number of rotatable bonds is 5. The Kier molecular flexibility index (Phi) is 7.00. The van der Waals surface area contributed by atoms with Crippen molar-refractivity contribution in [2.24, 2.45) is 0 Å². The number of nitrogens with zero attached hydrogens (tertiary/aromatic N) is 1. The highest BCUT2D eigenvalue weighted by Gasteiger charge is 2.39. The molecule has 1 saturated carbocycles. The molecule has 5 heteroatoms. The summed E-state index contributed by atoms with van der Waals surface area (Å²) in [5.74, 6) is 1.80. The zero-order valence-electron chi connectivity index (χ0n) is 14.1. The van der Waals surface area contributed by atoms with Crippen LogP contribution in [0.3, 0.4) is 0 Å². The highest BCUT2D eigenvalue weighted by atomic mass is 35.5. The lowest BCUT2D eigenvalue weighted by molar-refractivity contribution is 0.0183. The molecule has 0 unspecified atom stereocenters. The molecule has 1 aliphatic heterocycles. The summed E-state index contributed by atoms with van der Waals surface area (Å²) in [6.45, 7) is 5.17. The van der Waals surface area contributed by atoms with Crippen molar-refractivity contribution >= 4 is 12.4 Å². The van der Waals surface area contributed by atoms with Crippen LogP contribution in [0.2, 0.25) is 0 Å². The lowest BCUT2D eigenvalue weighted by Crippen LogP contribution is -2.62. The van der Waals surface area contributed by atoms with Crippen LogP contribution in [0.15, 0.2) is 24.3 Å². The molecule has 1 aromatic carbocycles. The van der Waals surface area contributed by atoms with Gasteiger partial charge in [0, 0.05) is 31.7 Å². The Morgan fingerprint density at radius 3 is 2.48 bits per heavy atom. The van der Waals surface area contributed by atoms with Gasteiger partial charge in [-0.15, -0.1) is 12.4 Å². The van der Waals surface area contributed by atoms with E-state index in [1.165, 1.54) is 32.1 Å². The van der Waals surface area contributed by atoms with Crippen LogP contribution >= 0.6 is 12.4 Å². The molecule has 4 nitrogen and oxygen atoms in total. The molecule has 1 spiro atoms. The van der Waals surface area contributed by atoms with Gasteiger partial charge in [-0.1, -0.05) is 19.3 Å².